The summed E-state index contributed by atoms with van der Waals surface area (Å²) in [6, 6.07) is 14.1. The average Bonchev–Trinajstić information content (AvgIpc) is 2.71. The number of rotatable bonds is 4. The minimum Gasteiger partial charge on any atom is -0.281 e. The van der Waals surface area contributed by atoms with Gasteiger partial charge in [-0.25, -0.2) is 22.9 Å². The predicted molar refractivity (Wildman–Crippen MR) is 110 cm³/mol. The van der Waals surface area contributed by atoms with Crippen LogP contribution in [0, 0.1) is 0 Å². The first kappa shape index (κ1) is 19.0. The molecule has 29 heavy (non-hydrogen) atoms. The Bertz CT molecular complexity index is 1470. The van der Waals surface area contributed by atoms with E-state index in [0.717, 1.165) is 27.1 Å². The zero-order valence-corrected chi connectivity index (χ0v) is 16.5. The van der Waals surface area contributed by atoms with Gasteiger partial charge in [-0.15, -0.1) is 0 Å². The number of H-pyrrole nitrogens is 1. The highest BCUT2D eigenvalue weighted by Gasteiger charge is 2.21. The summed E-state index contributed by atoms with van der Waals surface area (Å²) in [6.07, 6.45) is 1.14. The molecule has 0 aliphatic rings. The maximum atomic E-state index is 12.9. The Labute approximate surface area is 165 Å². The monoisotopic (exact) mass is 410 g/mol. The summed E-state index contributed by atoms with van der Waals surface area (Å²) in [6.45, 7) is 1.75. The van der Waals surface area contributed by atoms with Crippen LogP contribution in [0.5, 0.6) is 0 Å². The summed E-state index contributed by atoms with van der Waals surface area (Å²) in [5.74, 6) is 0. The Morgan fingerprint density at radius 2 is 1.79 bits per heavy atom. The number of aromatic amines is 1. The molecular weight excluding hydrogens is 392 g/mol. The van der Waals surface area contributed by atoms with Crippen molar-refractivity contribution in [2.24, 2.45) is 7.05 Å². The fourth-order valence-electron chi connectivity index (χ4n) is 3.36. The summed E-state index contributed by atoms with van der Waals surface area (Å²) < 4.78 is 29.6. The Morgan fingerprint density at radius 3 is 2.59 bits per heavy atom. The van der Waals surface area contributed by atoms with Crippen LogP contribution in [-0.2, 0) is 17.1 Å². The van der Waals surface area contributed by atoms with E-state index in [1.165, 1.54) is 13.1 Å². The molecule has 2 aromatic heterocycles. The van der Waals surface area contributed by atoms with E-state index in [2.05, 4.69) is 14.7 Å². The van der Waals surface area contributed by atoms with Gasteiger partial charge in [0, 0.05) is 19.3 Å². The number of nitrogens with one attached hydrogen (secondary N) is 2. The quantitative estimate of drug-likeness (QED) is 0.533. The minimum absolute atomic E-state index is 0.0211. The van der Waals surface area contributed by atoms with Gasteiger partial charge >= 0.3 is 5.69 Å². The summed E-state index contributed by atoms with van der Waals surface area (Å²) in [7, 11) is -2.51. The lowest BCUT2D eigenvalue weighted by molar-refractivity contribution is 0.567. The highest BCUT2D eigenvalue weighted by atomic mass is 32.2. The second-order valence-electron chi connectivity index (χ2n) is 6.77. The third kappa shape index (κ3) is 3.34. The smallest absolute Gasteiger partial charge is 0.281 e. The first-order chi connectivity index (χ1) is 13.8. The Morgan fingerprint density at radius 1 is 1.07 bits per heavy atom. The topological polar surface area (TPSA) is 114 Å². The van der Waals surface area contributed by atoms with E-state index in [-0.39, 0.29) is 15.9 Å². The molecule has 0 amide bonds. The molecule has 0 saturated carbocycles. The van der Waals surface area contributed by atoms with Gasteiger partial charge in [0.1, 0.15) is 10.5 Å². The molecule has 148 valence electrons. The molecule has 2 heterocycles. The molecule has 1 unspecified atom stereocenters. The normalized spacial score (nSPS) is 13.0. The predicted octanol–water partition coefficient (Wildman–Crippen LogP) is 1.81. The summed E-state index contributed by atoms with van der Waals surface area (Å²) in [5, 5.41) is 1.98. The molecule has 9 heteroatoms. The fourth-order valence-corrected chi connectivity index (χ4v) is 4.55. The lowest BCUT2D eigenvalue weighted by Crippen LogP contribution is -2.30. The van der Waals surface area contributed by atoms with Crippen LogP contribution in [-0.4, -0.2) is 23.0 Å². The molecule has 4 aromatic rings. The van der Waals surface area contributed by atoms with Crippen molar-refractivity contribution in [3.8, 4) is 0 Å². The van der Waals surface area contributed by atoms with Crippen molar-refractivity contribution in [3.05, 3.63) is 81.1 Å². The molecule has 1 atom stereocenters. The number of aromatic nitrogens is 3. The van der Waals surface area contributed by atoms with Crippen molar-refractivity contribution < 1.29 is 8.42 Å². The van der Waals surface area contributed by atoms with Crippen LogP contribution in [0.25, 0.3) is 21.8 Å². The van der Waals surface area contributed by atoms with E-state index >= 15 is 0 Å². The third-order valence-corrected chi connectivity index (χ3v) is 6.37. The third-order valence-electron chi connectivity index (χ3n) is 4.86. The van der Waals surface area contributed by atoms with Crippen LogP contribution in [0.1, 0.15) is 18.5 Å². The Balaban J connectivity index is 1.75. The second kappa shape index (κ2) is 6.94. The van der Waals surface area contributed by atoms with Gasteiger partial charge in [0.05, 0.1) is 5.39 Å². The van der Waals surface area contributed by atoms with Crippen molar-refractivity contribution in [1.82, 2.24) is 19.3 Å². The van der Waals surface area contributed by atoms with Crippen molar-refractivity contribution >= 4 is 31.8 Å². The van der Waals surface area contributed by atoms with Crippen molar-refractivity contribution in [1.29, 1.82) is 0 Å². The van der Waals surface area contributed by atoms with Gasteiger partial charge in [-0.05, 0) is 29.3 Å². The second-order valence-corrected chi connectivity index (χ2v) is 8.49. The molecule has 0 bridgehead atoms. The highest BCUT2D eigenvalue weighted by molar-refractivity contribution is 7.89. The van der Waals surface area contributed by atoms with Gasteiger partial charge in [0.2, 0.25) is 10.0 Å². The van der Waals surface area contributed by atoms with Gasteiger partial charge in [0.15, 0.2) is 0 Å². The summed E-state index contributed by atoms with van der Waals surface area (Å²) >= 11 is 0. The first-order valence-corrected chi connectivity index (χ1v) is 10.4. The maximum Gasteiger partial charge on any atom is 0.329 e. The van der Waals surface area contributed by atoms with Crippen LogP contribution in [0.2, 0.25) is 0 Å². The number of pyridine rings is 1. The number of benzene rings is 2. The zero-order chi connectivity index (χ0) is 20.8. The van der Waals surface area contributed by atoms with E-state index in [9.17, 15) is 18.0 Å². The van der Waals surface area contributed by atoms with Crippen molar-refractivity contribution in [3.63, 3.8) is 0 Å². The molecule has 0 radical (unpaired) electrons. The number of nitrogens with zero attached hydrogens (tertiary/aromatic N) is 2. The van der Waals surface area contributed by atoms with Gasteiger partial charge in [-0.3, -0.25) is 14.3 Å². The standard InChI is InChI=1S/C20H18N4O4S/c1-12(15-9-5-7-13-6-3-4-8-16(13)15)23-29(27,28)14-10-17-18(21-11-14)24(2)20(26)22-19(17)25/h3-12,23H,1-2H3,(H,22,25,26). The molecule has 2 aromatic carbocycles. The van der Waals surface area contributed by atoms with E-state index in [4.69, 9.17) is 0 Å². The molecule has 4 rings (SSSR count). The number of aryl methyl sites for hydroxylation is 1. The SMILES string of the molecule is CC(NS(=O)(=O)c1cnc2c(c1)c(=O)[nH]c(=O)n2C)c1cccc2ccccc12. The molecule has 2 N–H and O–H groups in total. The maximum absolute atomic E-state index is 12.9. The van der Waals surface area contributed by atoms with Crippen LogP contribution >= 0.6 is 0 Å². The minimum atomic E-state index is -3.96. The van der Waals surface area contributed by atoms with E-state index < -0.39 is 27.3 Å². The van der Waals surface area contributed by atoms with Crippen LogP contribution < -0.4 is 16.0 Å². The van der Waals surface area contributed by atoms with Gasteiger partial charge < -0.3 is 0 Å². The number of hydrogen-bond donors (Lipinski definition) is 2. The van der Waals surface area contributed by atoms with E-state index in [1.54, 1.807) is 6.92 Å². The largest absolute Gasteiger partial charge is 0.329 e. The molecule has 0 saturated heterocycles. The van der Waals surface area contributed by atoms with E-state index in [1.807, 2.05) is 42.5 Å². The number of fused-ring (bicyclic) bond motifs is 2. The van der Waals surface area contributed by atoms with Gasteiger partial charge in [0.25, 0.3) is 5.56 Å². The number of sulfonamides is 1. The van der Waals surface area contributed by atoms with Gasteiger partial charge in [-0.1, -0.05) is 42.5 Å². The zero-order valence-electron chi connectivity index (χ0n) is 15.7. The lowest BCUT2D eigenvalue weighted by atomic mass is 10.0. The summed E-state index contributed by atoms with van der Waals surface area (Å²) in [4.78, 5) is 29.8. The number of hydrogen-bond acceptors (Lipinski definition) is 5. The lowest BCUT2D eigenvalue weighted by Gasteiger charge is -2.17. The van der Waals surface area contributed by atoms with Gasteiger partial charge in [-0.2, -0.15) is 0 Å². The molecule has 0 fully saturated rings. The van der Waals surface area contributed by atoms with Crippen LogP contribution in [0.3, 0.4) is 0 Å². The Kier molecular flexibility index (Phi) is 4.56. The van der Waals surface area contributed by atoms with Crippen LogP contribution in [0.15, 0.2) is 69.2 Å². The molecular formula is C20H18N4O4S. The summed E-state index contributed by atoms with van der Waals surface area (Å²) in [5.41, 5.74) is -0.358. The average molecular weight is 410 g/mol. The van der Waals surface area contributed by atoms with Crippen LogP contribution in [0.4, 0.5) is 0 Å². The van der Waals surface area contributed by atoms with Crippen molar-refractivity contribution in [2.75, 3.05) is 0 Å². The molecule has 0 aliphatic heterocycles. The molecule has 8 nitrogen and oxygen atoms in total. The molecule has 0 spiro atoms. The first-order valence-electron chi connectivity index (χ1n) is 8.87. The van der Waals surface area contributed by atoms with Crippen molar-refractivity contribution in [2.45, 2.75) is 17.9 Å². The molecule has 0 aliphatic carbocycles. The highest BCUT2D eigenvalue weighted by Crippen LogP contribution is 2.25. The van der Waals surface area contributed by atoms with E-state index in [0.29, 0.717) is 0 Å². The Hall–Kier alpha value is -3.30. The fraction of sp³-hybridized carbons (Fsp3) is 0.150.